The molecule has 18 heavy (non-hydrogen) atoms. The van der Waals surface area contributed by atoms with Crippen LogP contribution in [0.1, 0.15) is 21.5 Å². The van der Waals surface area contributed by atoms with Gasteiger partial charge in [0, 0.05) is 11.1 Å². The first-order chi connectivity index (χ1) is 8.68. The third kappa shape index (κ3) is 1.41. The van der Waals surface area contributed by atoms with Gasteiger partial charge in [-0.15, -0.1) is 0 Å². The Morgan fingerprint density at radius 1 is 0.778 bits per heavy atom. The topological polar surface area (TPSA) is 57.5 Å². The molecular formula is C15H10O3. The number of hydrogen-bond donors (Lipinski definition) is 2. The third-order valence-corrected chi connectivity index (χ3v) is 3.05. The van der Waals surface area contributed by atoms with Gasteiger partial charge in [-0.25, -0.2) is 0 Å². The number of rotatable bonds is 1. The summed E-state index contributed by atoms with van der Waals surface area (Å²) in [5.41, 5.74) is 1.96. The molecule has 1 aliphatic rings. The van der Waals surface area contributed by atoms with Crippen LogP contribution in [0.4, 0.5) is 0 Å². The Balaban J connectivity index is 2.18. The number of Topliss-reactive ketones (excluding diaryl/α,β-unsaturated/α-hetero) is 1. The van der Waals surface area contributed by atoms with E-state index in [0.29, 0.717) is 16.7 Å². The molecule has 0 atom stereocenters. The van der Waals surface area contributed by atoms with Crippen molar-refractivity contribution in [3.05, 3.63) is 65.2 Å². The SMILES string of the molecule is O=C1C(c2ccc(O)cc2)=C(O)c2ccccc21. The second-order valence-corrected chi connectivity index (χ2v) is 4.15. The van der Waals surface area contributed by atoms with E-state index in [4.69, 9.17) is 0 Å². The molecule has 0 saturated carbocycles. The van der Waals surface area contributed by atoms with Crippen LogP contribution in [0.5, 0.6) is 5.75 Å². The van der Waals surface area contributed by atoms with Gasteiger partial charge in [0.1, 0.15) is 11.5 Å². The molecule has 0 heterocycles. The van der Waals surface area contributed by atoms with Crippen molar-refractivity contribution >= 4 is 17.1 Å². The molecule has 0 saturated heterocycles. The van der Waals surface area contributed by atoms with Crippen LogP contribution in [0.25, 0.3) is 11.3 Å². The summed E-state index contributed by atoms with van der Waals surface area (Å²) in [6.07, 6.45) is 0. The maximum absolute atomic E-state index is 12.2. The summed E-state index contributed by atoms with van der Waals surface area (Å²) >= 11 is 0. The van der Waals surface area contributed by atoms with Gasteiger partial charge in [-0.3, -0.25) is 4.79 Å². The standard InChI is InChI=1S/C15H10O3/c16-10-7-5-9(6-8-10)13-14(17)11-3-1-2-4-12(11)15(13)18/h1-8,16-17H. The molecule has 0 aliphatic heterocycles. The molecule has 3 rings (SSSR count). The zero-order chi connectivity index (χ0) is 12.7. The van der Waals surface area contributed by atoms with Gasteiger partial charge in [-0.1, -0.05) is 36.4 Å². The number of carbonyl (C=O) groups is 1. The molecule has 88 valence electrons. The molecule has 0 aromatic heterocycles. The Morgan fingerprint density at radius 2 is 1.39 bits per heavy atom. The van der Waals surface area contributed by atoms with Crippen molar-refractivity contribution < 1.29 is 15.0 Å². The van der Waals surface area contributed by atoms with Crippen molar-refractivity contribution in [1.82, 2.24) is 0 Å². The van der Waals surface area contributed by atoms with E-state index in [1.54, 1.807) is 36.4 Å². The van der Waals surface area contributed by atoms with Crippen LogP contribution >= 0.6 is 0 Å². The Hall–Kier alpha value is -2.55. The molecule has 3 nitrogen and oxygen atoms in total. The lowest BCUT2D eigenvalue weighted by atomic mass is 10.0. The predicted molar refractivity (Wildman–Crippen MR) is 68.3 cm³/mol. The summed E-state index contributed by atoms with van der Waals surface area (Å²) in [6.45, 7) is 0. The number of allylic oxidation sites excluding steroid dienone is 1. The van der Waals surface area contributed by atoms with E-state index in [1.165, 1.54) is 12.1 Å². The summed E-state index contributed by atoms with van der Waals surface area (Å²) in [6, 6.07) is 13.2. The van der Waals surface area contributed by atoms with Gasteiger partial charge in [0.05, 0.1) is 5.57 Å². The van der Waals surface area contributed by atoms with Gasteiger partial charge >= 0.3 is 0 Å². The quantitative estimate of drug-likeness (QED) is 0.802. The molecule has 0 spiro atoms. The highest BCUT2D eigenvalue weighted by atomic mass is 16.3. The molecule has 0 bridgehead atoms. The molecule has 2 aromatic rings. The van der Waals surface area contributed by atoms with Crippen molar-refractivity contribution in [2.45, 2.75) is 0 Å². The Kier molecular flexibility index (Phi) is 2.20. The zero-order valence-electron chi connectivity index (χ0n) is 9.42. The van der Waals surface area contributed by atoms with E-state index in [2.05, 4.69) is 0 Å². The van der Waals surface area contributed by atoms with Crippen molar-refractivity contribution in [2.75, 3.05) is 0 Å². The minimum Gasteiger partial charge on any atom is -0.508 e. The second kappa shape index (κ2) is 3.74. The summed E-state index contributed by atoms with van der Waals surface area (Å²) in [5, 5.41) is 19.4. The van der Waals surface area contributed by atoms with Crippen molar-refractivity contribution in [1.29, 1.82) is 0 Å². The van der Waals surface area contributed by atoms with E-state index in [1.807, 2.05) is 0 Å². The molecule has 0 amide bonds. The van der Waals surface area contributed by atoms with E-state index in [9.17, 15) is 15.0 Å². The normalized spacial score (nSPS) is 13.9. The Morgan fingerprint density at radius 3 is 2.00 bits per heavy atom. The smallest absolute Gasteiger partial charge is 0.198 e. The van der Waals surface area contributed by atoms with Crippen molar-refractivity contribution in [3.8, 4) is 5.75 Å². The minimum atomic E-state index is -0.186. The van der Waals surface area contributed by atoms with Gasteiger partial charge in [-0.2, -0.15) is 0 Å². The number of aliphatic hydroxyl groups excluding tert-OH is 1. The Labute approximate surface area is 104 Å². The van der Waals surface area contributed by atoms with E-state index < -0.39 is 0 Å². The van der Waals surface area contributed by atoms with Crippen LogP contribution in [-0.2, 0) is 0 Å². The highest BCUT2D eigenvalue weighted by Crippen LogP contribution is 2.36. The summed E-state index contributed by atoms with van der Waals surface area (Å²) in [5.74, 6) is -0.0584. The number of phenols is 1. The van der Waals surface area contributed by atoms with E-state index >= 15 is 0 Å². The summed E-state index contributed by atoms with van der Waals surface area (Å²) in [7, 11) is 0. The lowest BCUT2D eigenvalue weighted by Crippen LogP contribution is -1.97. The number of ketones is 1. The average molecular weight is 238 g/mol. The van der Waals surface area contributed by atoms with Gasteiger partial charge in [0.25, 0.3) is 0 Å². The number of fused-ring (bicyclic) bond motifs is 1. The van der Waals surface area contributed by atoms with Crippen LogP contribution in [0.2, 0.25) is 0 Å². The maximum atomic E-state index is 12.2. The first-order valence-corrected chi connectivity index (χ1v) is 5.55. The Bertz CT molecular complexity index is 666. The van der Waals surface area contributed by atoms with Gasteiger partial charge < -0.3 is 10.2 Å². The molecule has 2 N–H and O–H groups in total. The van der Waals surface area contributed by atoms with Gasteiger partial charge in [-0.05, 0) is 17.7 Å². The largest absolute Gasteiger partial charge is 0.508 e. The summed E-state index contributed by atoms with van der Waals surface area (Å²) in [4.78, 5) is 12.2. The molecule has 3 heteroatoms. The number of hydrogen-bond acceptors (Lipinski definition) is 3. The number of benzene rings is 2. The van der Waals surface area contributed by atoms with Crippen molar-refractivity contribution in [2.24, 2.45) is 0 Å². The number of aromatic hydroxyl groups is 1. The first-order valence-electron chi connectivity index (χ1n) is 5.55. The summed E-state index contributed by atoms with van der Waals surface area (Å²) < 4.78 is 0. The fraction of sp³-hybridized carbons (Fsp3) is 0. The fourth-order valence-corrected chi connectivity index (χ4v) is 2.16. The number of phenolic OH excluding ortho intramolecular Hbond substituents is 1. The zero-order valence-corrected chi connectivity index (χ0v) is 9.42. The molecule has 0 unspecified atom stereocenters. The van der Waals surface area contributed by atoms with Crippen LogP contribution < -0.4 is 0 Å². The highest BCUT2D eigenvalue weighted by Gasteiger charge is 2.29. The first kappa shape index (κ1) is 10.6. The monoisotopic (exact) mass is 238 g/mol. The fourth-order valence-electron chi connectivity index (χ4n) is 2.16. The highest BCUT2D eigenvalue weighted by molar-refractivity contribution is 6.38. The molecule has 0 fully saturated rings. The molecule has 1 aliphatic carbocycles. The van der Waals surface area contributed by atoms with Crippen LogP contribution in [0.3, 0.4) is 0 Å². The molecular weight excluding hydrogens is 228 g/mol. The van der Waals surface area contributed by atoms with Gasteiger partial charge in [0.2, 0.25) is 0 Å². The lowest BCUT2D eigenvalue weighted by molar-refractivity contribution is 0.105. The lowest BCUT2D eigenvalue weighted by Gasteiger charge is -2.02. The predicted octanol–water partition coefficient (Wildman–Crippen LogP) is 3.01. The number of aliphatic hydroxyl groups is 1. The second-order valence-electron chi connectivity index (χ2n) is 4.15. The van der Waals surface area contributed by atoms with E-state index in [-0.39, 0.29) is 22.9 Å². The van der Waals surface area contributed by atoms with Crippen molar-refractivity contribution in [3.63, 3.8) is 0 Å². The van der Waals surface area contributed by atoms with Crippen LogP contribution in [0.15, 0.2) is 48.5 Å². The third-order valence-electron chi connectivity index (χ3n) is 3.05. The maximum Gasteiger partial charge on any atom is 0.198 e. The van der Waals surface area contributed by atoms with Gasteiger partial charge in [0.15, 0.2) is 5.78 Å². The molecule has 2 aromatic carbocycles. The van der Waals surface area contributed by atoms with E-state index in [0.717, 1.165) is 0 Å². The average Bonchev–Trinajstić information content (AvgIpc) is 2.64. The van der Waals surface area contributed by atoms with Crippen LogP contribution in [-0.4, -0.2) is 16.0 Å². The van der Waals surface area contributed by atoms with Crippen LogP contribution in [0, 0.1) is 0 Å². The molecule has 0 radical (unpaired) electrons. The number of carbonyl (C=O) groups excluding carboxylic acids is 1. The minimum absolute atomic E-state index is 0.00119.